The normalized spacial score (nSPS) is 17.0. The Morgan fingerprint density at radius 1 is 1.39 bits per heavy atom. The molecule has 2 N–H and O–H groups in total. The average Bonchev–Trinajstić information content (AvgIpc) is 2.98. The predicted octanol–water partition coefficient (Wildman–Crippen LogP) is 3.55. The first-order valence-electron chi connectivity index (χ1n) is 8.09. The number of halogens is 1. The summed E-state index contributed by atoms with van der Waals surface area (Å²) >= 11 is 1.79. The maximum Gasteiger partial charge on any atom is 0.239 e. The number of hydrogen-bond donors (Lipinski definition) is 1. The fourth-order valence-electron chi connectivity index (χ4n) is 3.08. The Labute approximate surface area is 147 Å². The maximum absolute atomic E-state index is 12.3. The highest BCUT2D eigenvalue weighted by atomic mass is 35.5. The number of benzene rings is 1. The Bertz CT molecular complexity index is 619. The highest BCUT2D eigenvalue weighted by Crippen LogP contribution is 2.33. The van der Waals surface area contributed by atoms with Crippen LogP contribution >= 0.6 is 23.7 Å². The van der Waals surface area contributed by atoms with Gasteiger partial charge in [-0.15, -0.1) is 23.7 Å². The summed E-state index contributed by atoms with van der Waals surface area (Å²) in [6, 6.07) is 7.95. The van der Waals surface area contributed by atoms with Gasteiger partial charge in [-0.05, 0) is 31.4 Å². The number of nitrogens with zero attached hydrogens (tertiary/aromatic N) is 2. The summed E-state index contributed by atoms with van der Waals surface area (Å²) in [6.07, 6.45) is 3.71. The van der Waals surface area contributed by atoms with E-state index in [-0.39, 0.29) is 24.4 Å². The molecule has 1 aromatic heterocycles. The van der Waals surface area contributed by atoms with Crippen molar-refractivity contribution in [1.82, 2.24) is 9.88 Å². The lowest BCUT2D eigenvalue weighted by molar-refractivity contribution is -0.133. The molecule has 1 aliphatic rings. The van der Waals surface area contributed by atoms with Crippen molar-refractivity contribution in [2.45, 2.75) is 44.6 Å². The zero-order valence-electron chi connectivity index (χ0n) is 13.4. The van der Waals surface area contributed by atoms with Crippen molar-refractivity contribution in [3.05, 3.63) is 29.3 Å². The predicted molar refractivity (Wildman–Crippen MR) is 98.3 cm³/mol. The van der Waals surface area contributed by atoms with Crippen LogP contribution in [-0.2, 0) is 4.79 Å². The minimum absolute atomic E-state index is 0. The SMILES string of the molecule is CCCC(N)C(=O)N1CCC(c2nc3ccccc3s2)CC1.Cl. The third-order valence-electron chi connectivity index (χ3n) is 4.38. The number of likely N-dealkylation sites (tertiary alicyclic amines) is 1. The van der Waals surface area contributed by atoms with Crippen molar-refractivity contribution in [2.24, 2.45) is 5.73 Å². The van der Waals surface area contributed by atoms with E-state index in [9.17, 15) is 4.79 Å². The second kappa shape index (κ2) is 8.08. The van der Waals surface area contributed by atoms with Gasteiger partial charge in [0.1, 0.15) is 0 Å². The van der Waals surface area contributed by atoms with Gasteiger partial charge in [-0.1, -0.05) is 25.5 Å². The number of thiazole rings is 1. The van der Waals surface area contributed by atoms with Crippen LogP contribution in [0.25, 0.3) is 10.2 Å². The second-order valence-corrected chi connectivity index (χ2v) is 7.08. The molecule has 6 heteroatoms. The molecule has 0 saturated carbocycles. The van der Waals surface area contributed by atoms with Gasteiger partial charge in [-0.3, -0.25) is 4.79 Å². The van der Waals surface area contributed by atoms with Gasteiger partial charge in [0.15, 0.2) is 0 Å². The van der Waals surface area contributed by atoms with Crippen LogP contribution in [0, 0.1) is 0 Å². The molecule has 0 spiro atoms. The number of carbonyl (C=O) groups excluding carboxylic acids is 1. The number of rotatable bonds is 4. The van der Waals surface area contributed by atoms with Crippen LogP contribution < -0.4 is 5.73 Å². The molecule has 2 aromatic rings. The number of hydrogen-bond acceptors (Lipinski definition) is 4. The van der Waals surface area contributed by atoms with Crippen molar-refractivity contribution < 1.29 is 4.79 Å². The van der Waals surface area contributed by atoms with E-state index in [0.29, 0.717) is 5.92 Å². The minimum atomic E-state index is -0.330. The zero-order chi connectivity index (χ0) is 15.5. The second-order valence-electron chi connectivity index (χ2n) is 6.01. The van der Waals surface area contributed by atoms with Gasteiger partial charge in [-0.25, -0.2) is 4.98 Å². The topological polar surface area (TPSA) is 59.2 Å². The van der Waals surface area contributed by atoms with Crippen molar-refractivity contribution in [1.29, 1.82) is 0 Å². The van der Waals surface area contributed by atoms with E-state index >= 15 is 0 Å². The first-order valence-corrected chi connectivity index (χ1v) is 8.90. The monoisotopic (exact) mass is 353 g/mol. The summed E-state index contributed by atoms with van der Waals surface area (Å²) in [6.45, 7) is 3.67. The minimum Gasteiger partial charge on any atom is -0.341 e. The number of amides is 1. The van der Waals surface area contributed by atoms with Crippen LogP contribution in [0.2, 0.25) is 0 Å². The van der Waals surface area contributed by atoms with Gasteiger partial charge in [0.05, 0.1) is 21.3 Å². The van der Waals surface area contributed by atoms with Gasteiger partial charge in [-0.2, -0.15) is 0 Å². The van der Waals surface area contributed by atoms with Crippen LogP contribution in [0.4, 0.5) is 0 Å². The van der Waals surface area contributed by atoms with Crippen molar-refractivity contribution >= 4 is 39.9 Å². The molecule has 1 saturated heterocycles. The fourth-order valence-corrected chi connectivity index (χ4v) is 4.22. The maximum atomic E-state index is 12.3. The Hall–Kier alpha value is -1.17. The van der Waals surface area contributed by atoms with Crippen molar-refractivity contribution in [2.75, 3.05) is 13.1 Å². The Morgan fingerprint density at radius 2 is 2.09 bits per heavy atom. The lowest BCUT2D eigenvalue weighted by Crippen LogP contribution is -2.46. The molecule has 1 fully saturated rings. The summed E-state index contributed by atoms with van der Waals surface area (Å²) in [5.74, 6) is 0.591. The third-order valence-corrected chi connectivity index (χ3v) is 5.58. The van der Waals surface area contributed by atoms with Gasteiger partial charge in [0, 0.05) is 19.0 Å². The van der Waals surface area contributed by atoms with E-state index in [4.69, 9.17) is 10.7 Å². The van der Waals surface area contributed by atoms with Crippen LogP contribution in [0.3, 0.4) is 0 Å². The highest BCUT2D eigenvalue weighted by Gasteiger charge is 2.28. The van der Waals surface area contributed by atoms with Gasteiger partial charge in [0.2, 0.25) is 5.91 Å². The molecule has 3 rings (SSSR count). The van der Waals surface area contributed by atoms with E-state index < -0.39 is 0 Å². The van der Waals surface area contributed by atoms with Crippen LogP contribution in [0.15, 0.2) is 24.3 Å². The summed E-state index contributed by atoms with van der Waals surface area (Å²) in [5, 5.41) is 1.21. The molecule has 1 atom stereocenters. The number of carbonyl (C=O) groups is 1. The van der Waals surface area contributed by atoms with E-state index in [1.54, 1.807) is 11.3 Å². The summed E-state index contributed by atoms with van der Waals surface area (Å²) in [7, 11) is 0. The molecule has 0 aliphatic carbocycles. The zero-order valence-corrected chi connectivity index (χ0v) is 15.0. The lowest BCUT2D eigenvalue weighted by atomic mass is 9.96. The average molecular weight is 354 g/mol. The summed E-state index contributed by atoms with van der Waals surface area (Å²) in [5.41, 5.74) is 7.04. The molecule has 1 aromatic carbocycles. The molecule has 1 aliphatic heterocycles. The number of aromatic nitrogens is 1. The Balaban J connectivity index is 0.00000192. The summed E-state index contributed by atoms with van der Waals surface area (Å²) < 4.78 is 1.25. The van der Waals surface area contributed by atoms with Crippen LogP contribution in [-0.4, -0.2) is 34.9 Å². The van der Waals surface area contributed by atoms with Gasteiger partial charge < -0.3 is 10.6 Å². The highest BCUT2D eigenvalue weighted by molar-refractivity contribution is 7.18. The fraction of sp³-hybridized carbons (Fsp3) is 0.529. The molecular weight excluding hydrogens is 330 g/mol. The van der Waals surface area contributed by atoms with Crippen molar-refractivity contribution in [3.63, 3.8) is 0 Å². The van der Waals surface area contributed by atoms with Crippen LogP contribution in [0.1, 0.15) is 43.5 Å². The van der Waals surface area contributed by atoms with Gasteiger partial charge >= 0.3 is 0 Å². The Morgan fingerprint density at radius 3 is 2.74 bits per heavy atom. The molecule has 4 nitrogen and oxygen atoms in total. The van der Waals surface area contributed by atoms with Crippen molar-refractivity contribution in [3.8, 4) is 0 Å². The molecule has 23 heavy (non-hydrogen) atoms. The largest absolute Gasteiger partial charge is 0.341 e. The number of nitrogens with two attached hydrogens (primary N) is 1. The standard InChI is InChI=1S/C17H23N3OS.ClH/c1-2-5-13(18)17(21)20-10-8-12(9-11-20)16-19-14-6-3-4-7-15(14)22-16;/h3-4,6-7,12-13H,2,5,8-11,18H2,1H3;1H. The molecule has 0 bridgehead atoms. The lowest BCUT2D eigenvalue weighted by Gasteiger charge is -2.32. The van der Waals surface area contributed by atoms with Gasteiger partial charge in [0.25, 0.3) is 0 Å². The van der Waals surface area contributed by atoms with E-state index in [0.717, 1.165) is 44.3 Å². The molecule has 126 valence electrons. The quantitative estimate of drug-likeness (QED) is 0.914. The molecular formula is C17H24ClN3OS. The molecule has 0 radical (unpaired) electrons. The summed E-state index contributed by atoms with van der Waals surface area (Å²) in [4.78, 5) is 19.0. The van der Waals surface area contributed by atoms with E-state index in [2.05, 4.69) is 25.1 Å². The molecule has 2 heterocycles. The first-order chi connectivity index (χ1) is 10.7. The van der Waals surface area contributed by atoms with E-state index in [1.807, 2.05) is 11.0 Å². The smallest absolute Gasteiger partial charge is 0.239 e. The first kappa shape index (κ1) is 18.2. The number of fused-ring (bicyclic) bond motifs is 1. The number of para-hydroxylation sites is 1. The number of piperidine rings is 1. The Kier molecular flexibility index (Phi) is 6.39. The van der Waals surface area contributed by atoms with E-state index in [1.165, 1.54) is 9.71 Å². The molecule has 1 unspecified atom stereocenters. The molecule has 1 amide bonds. The third kappa shape index (κ3) is 4.03. The van der Waals surface area contributed by atoms with Crippen LogP contribution in [0.5, 0.6) is 0 Å².